The van der Waals surface area contributed by atoms with Crippen molar-refractivity contribution in [3.05, 3.63) is 175 Å². The van der Waals surface area contributed by atoms with Gasteiger partial charge in [0.1, 0.15) is 0 Å². The number of nitrogens with zero attached hydrogens (tertiary/aromatic N) is 3. The summed E-state index contributed by atoms with van der Waals surface area (Å²) in [5, 5.41) is 0. The van der Waals surface area contributed by atoms with Crippen LogP contribution >= 0.6 is 0 Å². The average molecular weight is 787 g/mol. The number of pyridine rings is 2. The van der Waals surface area contributed by atoms with Crippen LogP contribution in [0, 0.1) is 32.9 Å². The van der Waals surface area contributed by atoms with Gasteiger partial charge >= 0.3 is 21.1 Å². The van der Waals surface area contributed by atoms with Crippen LogP contribution in [0.15, 0.2) is 146 Å². The number of anilines is 3. The topological polar surface area (TPSA) is 29.0 Å². The van der Waals surface area contributed by atoms with Crippen LogP contribution in [-0.4, -0.2) is 9.97 Å². The summed E-state index contributed by atoms with van der Waals surface area (Å²) in [6.45, 7) is 6.52. The van der Waals surface area contributed by atoms with Crippen molar-refractivity contribution >= 4 is 17.1 Å². The van der Waals surface area contributed by atoms with Crippen molar-refractivity contribution in [2.45, 2.75) is 20.8 Å². The maximum atomic E-state index is 4.72. The standard InChI is InChI=1S/C43H33N3.Pt/c1-30-22-31(2)43(32(3)23-30)46(39-26-35(33-14-6-4-7-15-33)24-37(28-39)41-18-10-12-20-44-41)40-27-36(34-16-8-5-9-17-34)25-38(29-40)42-19-11-13-21-45-42;/h4-27H,1-3H3;/q-2;+2. The normalized spacial score (nSPS) is 10.7. The predicted octanol–water partition coefficient (Wildman–Crippen LogP) is 11.1. The van der Waals surface area contributed by atoms with Gasteiger partial charge in [-0.15, -0.1) is 47.5 Å². The third-order valence-corrected chi connectivity index (χ3v) is 8.15. The molecule has 0 aliphatic heterocycles. The van der Waals surface area contributed by atoms with E-state index in [9.17, 15) is 0 Å². The SMILES string of the molecule is Cc1cc(C)c(N(c2[c-]c(-c3ccccn3)cc(-c3ccccc3)c2)c2[c-]c(-c3ccccn3)cc(-c3ccccc3)c2)c(C)c1.[Pt+2]. The van der Waals surface area contributed by atoms with Gasteiger partial charge in [0, 0.05) is 18.1 Å². The summed E-state index contributed by atoms with van der Waals surface area (Å²) in [6, 6.07) is 53.9. The quantitative estimate of drug-likeness (QED) is 0.151. The first-order valence-corrected chi connectivity index (χ1v) is 15.5. The second-order valence-electron chi connectivity index (χ2n) is 11.6. The number of benzene rings is 5. The fourth-order valence-electron chi connectivity index (χ4n) is 6.16. The van der Waals surface area contributed by atoms with Crippen molar-refractivity contribution < 1.29 is 21.1 Å². The molecule has 0 saturated heterocycles. The second-order valence-corrected chi connectivity index (χ2v) is 11.6. The van der Waals surface area contributed by atoms with Crippen molar-refractivity contribution in [2.24, 2.45) is 0 Å². The molecule has 0 N–H and O–H groups in total. The third-order valence-electron chi connectivity index (χ3n) is 8.15. The van der Waals surface area contributed by atoms with E-state index in [1.54, 1.807) is 0 Å². The van der Waals surface area contributed by atoms with Crippen molar-refractivity contribution in [3.63, 3.8) is 0 Å². The van der Waals surface area contributed by atoms with E-state index in [0.29, 0.717) is 0 Å². The van der Waals surface area contributed by atoms with Crippen LogP contribution in [0.2, 0.25) is 0 Å². The molecule has 2 aromatic heterocycles. The molecule has 0 aliphatic rings. The van der Waals surface area contributed by atoms with Crippen molar-refractivity contribution in [3.8, 4) is 44.8 Å². The summed E-state index contributed by atoms with van der Waals surface area (Å²) in [7, 11) is 0. The van der Waals surface area contributed by atoms with Crippen molar-refractivity contribution in [1.82, 2.24) is 9.97 Å². The Morgan fingerprint density at radius 1 is 0.468 bits per heavy atom. The minimum atomic E-state index is 0. The molecule has 5 aromatic carbocycles. The van der Waals surface area contributed by atoms with E-state index < -0.39 is 0 Å². The maximum absolute atomic E-state index is 4.72. The molecule has 7 rings (SSSR count). The molecule has 0 bridgehead atoms. The van der Waals surface area contributed by atoms with Crippen LogP contribution in [0.5, 0.6) is 0 Å². The minimum Gasteiger partial charge on any atom is -0.346 e. The van der Waals surface area contributed by atoms with Gasteiger partial charge in [0.25, 0.3) is 0 Å². The molecule has 0 radical (unpaired) electrons. The van der Waals surface area contributed by atoms with E-state index >= 15 is 0 Å². The number of rotatable bonds is 7. The molecule has 0 amide bonds. The van der Waals surface area contributed by atoms with Crippen LogP contribution in [0.25, 0.3) is 44.8 Å². The van der Waals surface area contributed by atoms with Gasteiger partial charge in [-0.05, 0) is 77.9 Å². The number of hydrogen-bond donors (Lipinski definition) is 0. The van der Waals surface area contributed by atoms with Crippen LogP contribution in [0.3, 0.4) is 0 Å². The van der Waals surface area contributed by atoms with Gasteiger partial charge < -0.3 is 14.9 Å². The van der Waals surface area contributed by atoms with Crippen LogP contribution < -0.4 is 4.90 Å². The molecule has 3 nitrogen and oxygen atoms in total. The second kappa shape index (κ2) is 14.1. The van der Waals surface area contributed by atoms with Gasteiger partial charge in [-0.25, -0.2) is 0 Å². The summed E-state index contributed by atoms with van der Waals surface area (Å²) in [4.78, 5) is 11.7. The average Bonchev–Trinajstić information content (AvgIpc) is 3.11. The third kappa shape index (κ3) is 6.87. The summed E-state index contributed by atoms with van der Waals surface area (Å²) in [6.07, 6.45) is 3.67. The van der Waals surface area contributed by atoms with Crippen LogP contribution in [0.1, 0.15) is 16.7 Å². The Hall–Kier alpha value is -5.11. The first-order chi connectivity index (χ1) is 22.5. The molecule has 7 aromatic rings. The Kier molecular flexibility index (Phi) is 9.57. The Morgan fingerprint density at radius 2 is 0.894 bits per heavy atom. The van der Waals surface area contributed by atoms with Crippen molar-refractivity contribution in [2.75, 3.05) is 4.90 Å². The molecule has 230 valence electrons. The van der Waals surface area contributed by atoms with E-state index in [1.807, 2.05) is 60.9 Å². The Labute approximate surface area is 291 Å². The minimum absolute atomic E-state index is 0. The molecule has 0 spiro atoms. The van der Waals surface area contributed by atoms with Gasteiger partial charge in [-0.1, -0.05) is 114 Å². The largest absolute Gasteiger partial charge is 2.00 e. The number of aromatic nitrogens is 2. The number of hydrogen-bond acceptors (Lipinski definition) is 3. The first-order valence-electron chi connectivity index (χ1n) is 15.5. The summed E-state index contributed by atoms with van der Waals surface area (Å²) < 4.78 is 0. The van der Waals surface area contributed by atoms with Crippen LogP contribution in [0.4, 0.5) is 17.1 Å². The smallest absolute Gasteiger partial charge is 0.346 e. The molecule has 2 heterocycles. The molecular formula is C43H33N3Pt. The Balaban J connectivity index is 0.00000386. The van der Waals surface area contributed by atoms with E-state index in [-0.39, 0.29) is 21.1 Å². The van der Waals surface area contributed by atoms with E-state index in [2.05, 4.69) is 123 Å². The molecule has 0 atom stereocenters. The first kappa shape index (κ1) is 31.9. The van der Waals surface area contributed by atoms with E-state index in [0.717, 1.165) is 61.8 Å². The zero-order valence-electron chi connectivity index (χ0n) is 26.5. The molecule has 47 heavy (non-hydrogen) atoms. The van der Waals surface area contributed by atoms with Gasteiger partial charge in [-0.2, -0.15) is 0 Å². The predicted molar refractivity (Wildman–Crippen MR) is 190 cm³/mol. The van der Waals surface area contributed by atoms with E-state index in [1.165, 1.54) is 16.7 Å². The molecule has 0 saturated carbocycles. The van der Waals surface area contributed by atoms with Gasteiger partial charge in [0.2, 0.25) is 0 Å². The van der Waals surface area contributed by atoms with Crippen molar-refractivity contribution in [1.29, 1.82) is 0 Å². The molecule has 0 fully saturated rings. The summed E-state index contributed by atoms with van der Waals surface area (Å²) in [5.41, 5.74) is 14.5. The fraction of sp³-hybridized carbons (Fsp3) is 0.0698. The van der Waals surface area contributed by atoms with Gasteiger partial charge in [0.15, 0.2) is 0 Å². The zero-order chi connectivity index (χ0) is 31.5. The molecule has 4 heteroatoms. The van der Waals surface area contributed by atoms with Gasteiger partial charge in [-0.3, -0.25) is 0 Å². The van der Waals surface area contributed by atoms with Gasteiger partial charge in [0.05, 0.1) is 0 Å². The summed E-state index contributed by atoms with van der Waals surface area (Å²) >= 11 is 0. The molecule has 0 unspecified atom stereocenters. The maximum Gasteiger partial charge on any atom is 2.00 e. The fourth-order valence-corrected chi connectivity index (χ4v) is 6.16. The molecular weight excluding hydrogens is 754 g/mol. The molecule has 0 aliphatic carbocycles. The Bertz CT molecular complexity index is 1850. The Morgan fingerprint density at radius 3 is 1.30 bits per heavy atom. The monoisotopic (exact) mass is 786 g/mol. The van der Waals surface area contributed by atoms with E-state index in [4.69, 9.17) is 9.97 Å². The van der Waals surface area contributed by atoms with Crippen LogP contribution in [-0.2, 0) is 21.1 Å². The summed E-state index contributed by atoms with van der Waals surface area (Å²) in [5.74, 6) is 0. The zero-order valence-corrected chi connectivity index (χ0v) is 28.8. The number of aryl methyl sites for hydroxylation is 3.